The Morgan fingerprint density at radius 2 is 1.65 bits per heavy atom. The van der Waals surface area contributed by atoms with E-state index in [1.165, 1.54) is 38.5 Å². The number of amides is 1. The van der Waals surface area contributed by atoms with Gasteiger partial charge in [0.1, 0.15) is 0 Å². The lowest BCUT2D eigenvalue weighted by Gasteiger charge is -2.38. The highest BCUT2D eigenvalue weighted by atomic mass is 16.2. The molecule has 0 spiro atoms. The zero-order valence-electron chi connectivity index (χ0n) is 13.7. The van der Waals surface area contributed by atoms with Crippen molar-refractivity contribution in [1.29, 1.82) is 0 Å². The number of carbonyl (C=O) groups excluding carboxylic acids is 1. The van der Waals surface area contributed by atoms with Gasteiger partial charge in [-0.25, -0.2) is 0 Å². The number of carbonyl (C=O) groups is 1. The van der Waals surface area contributed by atoms with E-state index in [2.05, 4.69) is 26.1 Å². The summed E-state index contributed by atoms with van der Waals surface area (Å²) in [6.45, 7) is 11.0. The topological polar surface area (TPSA) is 32.3 Å². The third kappa shape index (κ3) is 3.97. The number of hydrogen-bond donors (Lipinski definition) is 1. The number of hydrogen-bond acceptors (Lipinski definition) is 2. The average molecular weight is 280 g/mol. The molecule has 0 radical (unpaired) electrons. The van der Waals surface area contributed by atoms with Crippen LogP contribution in [0.25, 0.3) is 0 Å². The molecule has 1 N–H and O–H groups in total. The van der Waals surface area contributed by atoms with Gasteiger partial charge in [-0.3, -0.25) is 4.79 Å². The van der Waals surface area contributed by atoms with Gasteiger partial charge in [0.15, 0.2) is 0 Å². The van der Waals surface area contributed by atoms with Crippen molar-refractivity contribution in [2.75, 3.05) is 13.1 Å². The minimum absolute atomic E-state index is 0.00992. The molecule has 1 aliphatic heterocycles. The molecule has 1 amide bonds. The van der Waals surface area contributed by atoms with Gasteiger partial charge >= 0.3 is 0 Å². The summed E-state index contributed by atoms with van der Waals surface area (Å²) in [6, 6.07) is 0.527. The predicted molar refractivity (Wildman–Crippen MR) is 83.6 cm³/mol. The van der Waals surface area contributed by atoms with Gasteiger partial charge in [0.05, 0.1) is 6.04 Å². The van der Waals surface area contributed by atoms with Crippen molar-refractivity contribution in [2.24, 2.45) is 11.3 Å². The van der Waals surface area contributed by atoms with Crippen LogP contribution in [0.4, 0.5) is 0 Å². The molecular weight excluding hydrogens is 248 g/mol. The third-order valence-electron chi connectivity index (χ3n) is 5.23. The fourth-order valence-corrected chi connectivity index (χ4v) is 3.76. The van der Waals surface area contributed by atoms with Gasteiger partial charge in [-0.2, -0.15) is 0 Å². The smallest absolute Gasteiger partial charge is 0.239 e. The molecule has 1 atom stereocenters. The first-order valence-corrected chi connectivity index (χ1v) is 8.43. The lowest BCUT2D eigenvalue weighted by atomic mass is 9.71. The summed E-state index contributed by atoms with van der Waals surface area (Å²) in [5, 5.41) is 3.58. The minimum Gasteiger partial charge on any atom is -0.341 e. The average Bonchev–Trinajstić information content (AvgIpc) is 2.91. The SMILES string of the molecule is CC(NC1CCC(C(C)(C)C)CC1)C(=O)N1CCCC1. The third-order valence-corrected chi connectivity index (χ3v) is 5.23. The Kier molecular flexibility index (Phi) is 5.11. The van der Waals surface area contributed by atoms with Gasteiger partial charge < -0.3 is 10.2 Å². The molecule has 1 saturated heterocycles. The highest BCUT2D eigenvalue weighted by molar-refractivity contribution is 5.81. The molecule has 0 aromatic heterocycles. The summed E-state index contributed by atoms with van der Waals surface area (Å²) in [5.41, 5.74) is 0.432. The van der Waals surface area contributed by atoms with Gasteiger partial charge in [-0.1, -0.05) is 20.8 Å². The van der Waals surface area contributed by atoms with Crippen LogP contribution in [-0.4, -0.2) is 36.0 Å². The van der Waals surface area contributed by atoms with Crippen LogP contribution >= 0.6 is 0 Å². The standard InChI is InChI=1S/C17H32N2O/c1-13(16(20)19-11-5-6-12-19)18-15-9-7-14(8-10-15)17(2,3)4/h13-15,18H,5-12H2,1-4H3. The van der Waals surface area contributed by atoms with E-state index >= 15 is 0 Å². The van der Waals surface area contributed by atoms with Crippen LogP contribution in [0.1, 0.15) is 66.2 Å². The number of rotatable bonds is 3. The molecular formula is C17H32N2O. The summed E-state index contributed by atoms with van der Waals surface area (Å²) >= 11 is 0. The Labute approximate surface area is 124 Å². The maximum absolute atomic E-state index is 12.3. The summed E-state index contributed by atoms with van der Waals surface area (Å²) in [5.74, 6) is 1.14. The zero-order chi connectivity index (χ0) is 14.8. The monoisotopic (exact) mass is 280 g/mol. The van der Waals surface area contributed by atoms with Gasteiger partial charge in [0, 0.05) is 19.1 Å². The van der Waals surface area contributed by atoms with Crippen molar-refractivity contribution >= 4 is 5.91 Å². The normalized spacial score (nSPS) is 29.5. The predicted octanol–water partition coefficient (Wildman–Crippen LogP) is 3.19. The van der Waals surface area contributed by atoms with Gasteiger partial charge in [-0.15, -0.1) is 0 Å². The van der Waals surface area contributed by atoms with E-state index in [0.29, 0.717) is 17.4 Å². The molecule has 1 aliphatic carbocycles. The van der Waals surface area contributed by atoms with Crippen molar-refractivity contribution in [2.45, 2.75) is 78.3 Å². The molecule has 0 aromatic carbocycles. The first-order chi connectivity index (χ1) is 9.38. The molecule has 1 unspecified atom stereocenters. The molecule has 1 saturated carbocycles. The summed E-state index contributed by atoms with van der Waals surface area (Å²) in [4.78, 5) is 14.3. The van der Waals surface area contributed by atoms with Crippen molar-refractivity contribution < 1.29 is 4.79 Å². The van der Waals surface area contributed by atoms with E-state index < -0.39 is 0 Å². The summed E-state index contributed by atoms with van der Waals surface area (Å²) < 4.78 is 0. The summed E-state index contributed by atoms with van der Waals surface area (Å²) in [6.07, 6.45) is 7.39. The Bertz CT molecular complexity index is 320. The van der Waals surface area contributed by atoms with Crippen molar-refractivity contribution in [3.63, 3.8) is 0 Å². The Balaban J connectivity index is 1.76. The molecule has 116 valence electrons. The second kappa shape index (κ2) is 6.46. The minimum atomic E-state index is -0.00992. The van der Waals surface area contributed by atoms with E-state index in [1.807, 2.05) is 11.8 Å². The van der Waals surface area contributed by atoms with Crippen LogP contribution in [-0.2, 0) is 4.79 Å². The zero-order valence-corrected chi connectivity index (χ0v) is 13.7. The quantitative estimate of drug-likeness (QED) is 0.861. The fraction of sp³-hybridized carbons (Fsp3) is 0.941. The van der Waals surface area contributed by atoms with Gasteiger partial charge in [0.25, 0.3) is 0 Å². The molecule has 3 nitrogen and oxygen atoms in total. The first-order valence-electron chi connectivity index (χ1n) is 8.43. The number of likely N-dealkylation sites (tertiary alicyclic amines) is 1. The lowest BCUT2D eigenvalue weighted by molar-refractivity contribution is -0.132. The molecule has 0 bridgehead atoms. The van der Waals surface area contributed by atoms with Crippen LogP contribution in [0.3, 0.4) is 0 Å². The van der Waals surface area contributed by atoms with E-state index in [9.17, 15) is 4.79 Å². The maximum atomic E-state index is 12.3. The van der Waals surface area contributed by atoms with E-state index in [1.54, 1.807) is 0 Å². The Morgan fingerprint density at radius 1 is 1.10 bits per heavy atom. The maximum Gasteiger partial charge on any atom is 0.239 e. The van der Waals surface area contributed by atoms with Crippen molar-refractivity contribution in [3.8, 4) is 0 Å². The molecule has 2 rings (SSSR count). The highest BCUT2D eigenvalue weighted by Crippen LogP contribution is 2.37. The van der Waals surface area contributed by atoms with Crippen molar-refractivity contribution in [3.05, 3.63) is 0 Å². The Morgan fingerprint density at radius 3 is 2.15 bits per heavy atom. The highest BCUT2D eigenvalue weighted by Gasteiger charge is 2.31. The van der Waals surface area contributed by atoms with Gasteiger partial charge in [-0.05, 0) is 56.8 Å². The second-order valence-electron chi connectivity index (χ2n) is 7.84. The lowest BCUT2D eigenvalue weighted by Crippen LogP contribution is -2.48. The van der Waals surface area contributed by atoms with E-state index in [4.69, 9.17) is 0 Å². The van der Waals surface area contributed by atoms with Crippen molar-refractivity contribution in [1.82, 2.24) is 10.2 Å². The molecule has 3 heteroatoms. The van der Waals surface area contributed by atoms with Gasteiger partial charge in [0.2, 0.25) is 5.91 Å². The largest absolute Gasteiger partial charge is 0.341 e. The molecule has 20 heavy (non-hydrogen) atoms. The van der Waals surface area contributed by atoms with E-state index in [-0.39, 0.29) is 6.04 Å². The fourth-order valence-electron chi connectivity index (χ4n) is 3.76. The molecule has 2 fully saturated rings. The van der Waals surface area contributed by atoms with Crippen LogP contribution in [0, 0.1) is 11.3 Å². The first kappa shape index (κ1) is 15.8. The molecule has 0 aromatic rings. The van der Waals surface area contributed by atoms with Crippen LogP contribution in [0.2, 0.25) is 0 Å². The molecule has 2 aliphatic rings. The van der Waals surface area contributed by atoms with Crippen LogP contribution in [0.5, 0.6) is 0 Å². The van der Waals surface area contributed by atoms with E-state index in [0.717, 1.165) is 19.0 Å². The van der Waals surface area contributed by atoms with Crippen LogP contribution < -0.4 is 5.32 Å². The number of nitrogens with one attached hydrogen (secondary N) is 1. The Hall–Kier alpha value is -0.570. The molecule has 1 heterocycles. The van der Waals surface area contributed by atoms with Crippen LogP contribution in [0.15, 0.2) is 0 Å². The summed E-state index contributed by atoms with van der Waals surface area (Å²) in [7, 11) is 0. The second-order valence-corrected chi connectivity index (χ2v) is 7.84. The number of nitrogens with zero attached hydrogens (tertiary/aromatic N) is 1.